The monoisotopic (exact) mass is 210 g/mol. The van der Waals surface area contributed by atoms with Crippen molar-refractivity contribution >= 4 is 16.5 Å². The van der Waals surface area contributed by atoms with Crippen LogP contribution in [0, 0.1) is 11.3 Å². The molecule has 0 bridgehead atoms. The van der Waals surface area contributed by atoms with Crippen molar-refractivity contribution in [2.75, 3.05) is 5.32 Å². The van der Waals surface area contributed by atoms with Crippen molar-refractivity contribution in [1.29, 1.82) is 5.26 Å². The van der Waals surface area contributed by atoms with Crippen LogP contribution in [0.15, 0.2) is 42.5 Å². The fraction of sp³-hybridized carbons (Fsp3) is 0.214. The van der Waals surface area contributed by atoms with Gasteiger partial charge in [0, 0.05) is 11.7 Å². The first-order valence-electron chi connectivity index (χ1n) is 5.42. The molecule has 0 saturated carbocycles. The predicted molar refractivity (Wildman–Crippen MR) is 67.3 cm³/mol. The van der Waals surface area contributed by atoms with Crippen LogP contribution in [0.2, 0.25) is 0 Å². The van der Waals surface area contributed by atoms with Crippen molar-refractivity contribution in [2.24, 2.45) is 0 Å². The Labute approximate surface area is 95.5 Å². The molecule has 1 atom stereocenters. The van der Waals surface area contributed by atoms with E-state index in [0.717, 1.165) is 5.69 Å². The van der Waals surface area contributed by atoms with E-state index < -0.39 is 0 Å². The molecule has 2 aromatic rings. The van der Waals surface area contributed by atoms with Crippen molar-refractivity contribution in [3.05, 3.63) is 42.5 Å². The van der Waals surface area contributed by atoms with Crippen LogP contribution in [0.1, 0.15) is 13.3 Å². The minimum Gasteiger partial charge on any atom is -0.382 e. The third kappa shape index (κ3) is 2.32. The topological polar surface area (TPSA) is 35.8 Å². The SMILES string of the molecule is CC(CC#N)Nc1ccc2ccccc2c1. The van der Waals surface area contributed by atoms with Gasteiger partial charge in [0.05, 0.1) is 12.5 Å². The second-order valence-electron chi connectivity index (χ2n) is 3.97. The maximum Gasteiger partial charge on any atom is 0.0643 e. The van der Waals surface area contributed by atoms with Crippen molar-refractivity contribution < 1.29 is 0 Å². The lowest BCUT2D eigenvalue weighted by Crippen LogP contribution is -2.13. The van der Waals surface area contributed by atoms with Gasteiger partial charge < -0.3 is 5.32 Å². The van der Waals surface area contributed by atoms with Gasteiger partial charge in [-0.25, -0.2) is 0 Å². The molecule has 0 aromatic heterocycles. The lowest BCUT2D eigenvalue weighted by molar-refractivity contribution is 0.821. The molecular formula is C14H14N2. The van der Waals surface area contributed by atoms with Gasteiger partial charge in [0.1, 0.15) is 0 Å². The Morgan fingerprint density at radius 2 is 1.94 bits per heavy atom. The van der Waals surface area contributed by atoms with E-state index in [9.17, 15) is 0 Å². The van der Waals surface area contributed by atoms with Crippen LogP contribution in [0.3, 0.4) is 0 Å². The third-order valence-corrected chi connectivity index (χ3v) is 2.56. The molecule has 2 nitrogen and oxygen atoms in total. The maximum absolute atomic E-state index is 8.60. The molecule has 80 valence electrons. The van der Waals surface area contributed by atoms with E-state index in [4.69, 9.17) is 5.26 Å². The van der Waals surface area contributed by atoms with Crippen LogP contribution in [-0.4, -0.2) is 6.04 Å². The molecule has 0 aliphatic rings. The first-order chi connectivity index (χ1) is 7.79. The molecule has 16 heavy (non-hydrogen) atoms. The van der Waals surface area contributed by atoms with Crippen LogP contribution < -0.4 is 5.32 Å². The molecule has 0 radical (unpaired) electrons. The summed E-state index contributed by atoms with van der Waals surface area (Å²) < 4.78 is 0. The minimum atomic E-state index is 0.186. The molecule has 1 N–H and O–H groups in total. The van der Waals surface area contributed by atoms with E-state index >= 15 is 0 Å². The molecule has 0 aliphatic carbocycles. The van der Waals surface area contributed by atoms with E-state index in [-0.39, 0.29) is 6.04 Å². The molecule has 0 aliphatic heterocycles. The zero-order chi connectivity index (χ0) is 11.4. The second-order valence-corrected chi connectivity index (χ2v) is 3.97. The smallest absolute Gasteiger partial charge is 0.0643 e. The Bertz CT molecular complexity index is 525. The van der Waals surface area contributed by atoms with Gasteiger partial charge in [-0.2, -0.15) is 5.26 Å². The van der Waals surface area contributed by atoms with E-state index in [1.807, 2.05) is 19.1 Å². The number of nitriles is 1. The summed E-state index contributed by atoms with van der Waals surface area (Å²) in [5.41, 5.74) is 1.07. The maximum atomic E-state index is 8.60. The summed E-state index contributed by atoms with van der Waals surface area (Å²) in [7, 11) is 0. The zero-order valence-electron chi connectivity index (χ0n) is 9.27. The quantitative estimate of drug-likeness (QED) is 0.840. The average Bonchev–Trinajstić information content (AvgIpc) is 2.29. The Hall–Kier alpha value is -2.01. The number of nitrogens with one attached hydrogen (secondary N) is 1. The molecule has 2 rings (SSSR count). The van der Waals surface area contributed by atoms with Crippen LogP contribution >= 0.6 is 0 Å². The largest absolute Gasteiger partial charge is 0.382 e. The lowest BCUT2D eigenvalue weighted by atomic mass is 10.1. The van der Waals surface area contributed by atoms with Crippen LogP contribution in [0.25, 0.3) is 10.8 Å². The lowest BCUT2D eigenvalue weighted by Gasteiger charge is -2.12. The highest BCUT2D eigenvalue weighted by molar-refractivity contribution is 5.85. The van der Waals surface area contributed by atoms with E-state index in [2.05, 4.69) is 41.7 Å². The Morgan fingerprint density at radius 1 is 1.19 bits per heavy atom. The number of benzene rings is 2. The molecular weight excluding hydrogens is 196 g/mol. The van der Waals surface area contributed by atoms with Crippen molar-refractivity contribution in [1.82, 2.24) is 0 Å². The van der Waals surface area contributed by atoms with Gasteiger partial charge in [-0.15, -0.1) is 0 Å². The normalized spacial score (nSPS) is 12.0. The molecule has 0 fully saturated rings. The molecule has 2 heteroatoms. The summed E-state index contributed by atoms with van der Waals surface area (Å²) in [6, 6.07) is 16.9. The van der Waals surface area contributed by atoms with Gasteiger partial charge in [0.25, 0.3) is 0 Å². The summed E-state index contributed by atoms with van der Waals surface area (Å²) in [6.45, 7) is 2.01. The Morgan fingerprint density at radius 3 is 2.69 bits per heavy atom. The van der Waals surface area contributed by atoms with Gasteiger partial charge in [0.15, 0.2) is 0 Å². The number of fused-ring (bicyclic) bond motifs is 1. The van der Waals surface area contributed by atoms with Gasteiger partial charge in [-0.3, -0.25) is 0 Å². The summed E-state index contributed by atoms with van der Waals surface area (Å²) in [6.07, 6.45) is 0.521. The van der Waals surface area contributed by atoms with E-state index in [1.165, 1.54) is 10.8 Å². The summed E-state index contributed by atoms with van der Waals surface area (Å²) in [5.74, 6) is 0. The average molecular weight is 210 g/mol. The van der Waals surface area contributed by atoms with Gasteiger partial charge >= 0.3 is 0 Å². The van der Waals surface area contributed by atoms with Crippen LogP contribution in [0.5, 0.6) is 0 Å². The number of rotatable bonds is 3. The Kier molecular flexibility index (Phi) is 3.07. The number of hydrogen-bond donors (Lipinski definition) is 1. The van der Waals surface area contributed by atoms with E-state index in [0.29, 0.717) is 6.42 Å². The Balaban J connectivity index is 2.23. The highest BCUT2D eigenvalue weighted by Crippen LogP contribution is 2.19. The molecule has 0 spiro atoms. The van der Waals surface area contributed by atoms with Gasteiger partial charge in [-0.05, 0) is 29.8 Å². The first-order valence-corrected chi connectivity index (χ1v) is 5.42. The number of nitrogens with zero attached hydrogens (tertiary/aromatic N) is 1. The van der Waals surface area contributed by atoms with Gasteiger partial charge in [-0.1, -0.05) is 30.3 Å². The highest BCUT2D eigenvalue weighted by atomic mass is 14.9. The van der Waals surface area contributed by atoms with Crippen molar-refractivity contribution in [3.8, 4) is 6.07 Å². The number of anilines is 1. The summed E-state index contributed by atoms with van der Waals surface area (Å²) >= 11 is 0. The van der Waals surface area contributed by atoms with Crippen LogP contribution in [-0.2, 0) is 0 Å². The predicted octanol–water partition coefficient (Wildman–Crippen LogP) is 3.55. The summed E-state index contributed by atoms with van der Waals surface area (Å²) in [5, 5.41) is 14.4. The highest BCUT2D eigenvalue weighted by Gasteiger charge is 2.01. The van der Waals surface area contributed by atoms with Crippen LogP contribution in [0.4, 0.5) is 5.69 Å². The molecule has 0 amide bonds. The second kappa shape index (κ2) is 4.67. The van der Waals surface area contributed by atoms with Crippen molar-refractivity contribution in [3.63, 3.8) is 0 Å². The fourth-order valence-electron chi connectivity index (χ4n) is 1.75. The fourth-order valence-corrected chi connectivity index (χ4v) is 1.75. The third-order valence-electron chi connectivity index (χ3n) is 2.56. The standard InChI is InChI=1S/C14H14N2/c1-11(8-9-15)16-14-7-6-12-4-2-3-5-13(12)10-14/h2-7,10-11,16H,8H2,1H3. The molecule has 0 heterocycles. The zero-order valence-corrected chi connectivity index (χ0v) is 9.27. The number of hydrogen-bond acceptors (Lipinski definition) is 2. The van der Waals surface area contributed by atoms with Crippen molar-refractivity contribution in [2.45, 2.75) is 19.4 Å². The molecule has 2 aromatic carbocycles. The molecule has 1 unspecified atom stereocenters. The molecule has 0 saturated heterocycles. The minimum absolute atomic E-state index is 0.186. The first kappa shape index (κ1) is 10.5. The van der Waals surface area contributed by atoms with E-state index in [1.54, 1.807) is 0 Å². The summed E-state index contributed by atoms with van der Waals surface area (Å²) in [4.78, 5) is 0. The van der Waals surface area contributed by atoms with Gasteiger partial charge in [0.2, 0.25) is 0 Å².